The second-order valence-corrected chi connectivity index (χ2v) is 9.97. The van der Waals surface area contributed by atoms with Gasteiger partial charge in [0.1, 0.15) is 10.6 Å². The van der Waals surface area contributed by atoms with E-state index >= 15 is 0 Å². The van der Waals surface area contributed by atoms with Crippen LogP contribution in [0.3, 0.4) is 0 Å². The van der Waals surface area contributed by atoms with E-state index in [0.717, 1.165) is 25.7 Å². The Labute approximate surface area is 208 Å². The number of carbonyl (C=O) groups excluding carboxylic acids is 2. The van der Waals surface area contributed by atoms with Crippen LogP contribution in [0.5, 0.6) is 5.75 Å². The molecule has 3 rings (SSSR count). The number of thiocarbonyl (C=S) groups is 1. The molecule has 6 nitrogen and oxygen atoms in total. The molecule has 0 aliphatic heterocycles. The van der Waals surface area contributed by atoms with Crippen LogP contribution in [0.4, 0.5) is 0 Å². The molecule has 2 aromatic carbocycles. The van der Waals surface area contributed by atoms with Crippen molar-refractivity contribution in [3.8, 4) is 5.75 Å². The summed E-state index contributed by atoms with van der Waals surface area (Å²) in [5.41, 5.74) is 6.96. The van der Waals surface area contributed by atoms with Gasteiger partial charge in [0, 0.05) is 14.6 Å². The molecule has 0 unspecified atom stereocenters. The first kappa shape index (κ1) is 24.4. The average molecular weight is 555 g/mol. The van der Waals surface area contributed by atoms with Gasteiger partial charge in [0.2, 0.25) is 0 Å². The van der Waals surface area contributed by atoms with Crippen LogP contribution in [-0.4, -0.2) is 23.5 Å². The van der Waals surface area contributed by atoms with E-state index in [1.807, 2.05) is 43.3 Å². The van der Waals surface area contributed by atoms with E-state index in [1.165, 1.54) is 11.3 Å². The predicted octanol–water partition coefficient (Wildman–Crippen LogP) is 5.46. The van der Waals surface area contributed by atoms with Crippen molar-refractivity contribution in [1.29, 1.82) is 0 Å². The van der Waals surface area contributed by atoms with E-state index in [1.54, 1.807) is 0 Å². The number of aryl methyl sites for hydroxylation is 1. The van der Waals surface area contributed by atoms with Crippen LogP contribution in [-0.2, 0) is 4.79 Å². The zero-order valence-corrected chi connectivity index (χ0v) is 21.5. The number of halogens is 2. The number of hydrazine groups is 1. The SMILES string of the molecule is Cc1cc(OCC(=O)NC(=S)NNC(=O)c2sc3ccccc3c2Cl)c(C(C)C)cc1Br. The molecule has 0 aliphatic carbocycles. The Balaban J connectivity index is 1.53. The molecule has 0 spiro atoms. The van der Waals surface area contributed by atoms with Crippen molar-refractivity contribution in [2.45, 2.75) is 26.7 Å². The van der Waals surface area contributed by atoms with Gasteiger partial charge in [-0.15, -0.1) is 11.3 Å². The number of rotatable bonds is 5. The number of carbonyl (C=O) groups is 2. The summed E-state index contributed by atoms with van der Waals surface area (Å²) in [6.07, 6.45) is 0. The van der Waals surface area contributed by atoms with Crippen molar-refractivity contribution >= 4 is 78.1 Å². The fourth-order valence-electron chi connectivity index (χ4n) is 2.91. The van der Waals surface area contributed by atoms with E-state index in [-0.39, 0.29) is 17.6 Å². The summed E-state index contributed by atoms with van der Waals surface area (Å²) >= 11 is 16.2. The minimum Gasteiger partial charge on any atom is -0.483 e. The first-order valence-corrected chi connectivity index (χ1v) is 12.1. The fraction of sp³-hybridized carbons (Fsp3) is 0.227. The molecule has 2 amide bonds. The summed E-state index contributed by atoms with van der Waals surface area (Å²) in [4.78, 5) is 25.0. The molecule has 0 radical (unpaired) electrons. The van der Waals surface area contributed by atoms with Gasteiger partial charge in [-0.25, -0.2) is 0 Å². The molecule has 0 saturated carbocycles. The summed E-state index contributed by atoms with van der Waals surface area (Å²) in [5, 5.41) is 3.60. The minimum absolute atomic E-state index is 0.0553. The largest absolute Gasteiger partial charge is 0.483 e. The van der Waals surface area contributed by atoms with Gasteiger partial charge in [0.15, 0.2) is 11.7 Å². The van der Waals surface area contributed by atoms with Crippen molar-refractivity contribution in [1.82, 2.24) is 16.2 Å². The van der Waals surface area contributed by atoms with Gasteiger partial charge in [-0.05, 0) is 54.4 Å². The van der Waals surface area contributed by atoms with Crippen LogP contribution in [0.15, 0.2) is 40.9 Å². The Bertz CT molecular complexity index is 1200. The van der Waals surface area contributed by atoms with E-state index in [2.05, 4.69) is 45.9 Å². The summed E-state index contributed by atoms with van der Waals surface area (Å²) in [5.74, 6) is -0.0334. The maximum Gasteiger partial charge on any atom is 0.281 e. The summed E-state index contributed by atoms with van der Waals surface area (Å²) in [6, 6.07) is 11.3. The quantitative estimate of drug-likeness (QED) is 0.288. The fourth-order valence-corrected chi connectivity index (χ4v) is 4.85. The number of benzene rings is 2. The minimum atomic E-state index is -0.452. The molecule has 32 heavy (non-hydrogen) atoms. The monoisotopic (exact) mass is 553 g/mol. The van der Waals surface area contributed by atoms with E-state index in [4.69, 9.17) is 28.6 Å². The van der Waals surface area contributed by atoms with Gasteiger partial charge in [-0.3, -0.25) is 25.8 Å². The Kier molecular flexibility index (Phi) is 8.10. The third kappa shape index (κ3) is 5.78. The lowest BCUT2D eigenvalue weighted by Gasteiger charge is -2.16. The number of thiophene rings is 1. The first-order chi connectivity index (χ1) is 15.2. The topological polar surface area (TPSA) is 79.5 Å². The number of nitrogens with one attached hydrogen (secondary N) is 3. The lowest BCUT2D eigenvalue weighted by atomic mass is 10.0. The molecule has 3 aromatic rings. The van der Waals surface area contributed by atoms with Crippen molar-refractivity contribution in [2.75, 3.05) is 6.61 Å². The Morgan fingerprint density at radius 2 is 1.94 bits per heavy atom. The Morgan fingerprint density at radius 1 is 1.22 bits per heavy atom. The van der Waals surface area contributed by atoms with Gasteiger partial charge in [0.25, 0.3) is 11.8 Å². The number of ether oxygens (including phenoxy) is 1. The average Bonchev–Trinajstić information content (AvgIpc) is 3.09. The van der Waals surface area contributed by atoms with Crippen molar-refractivity contribution in [3.63, 3.8) is 0 Å². The molecule has 3 N–H and O–H groups in total. The highest BCUT2D eigenvalue weighted by Gasteiger charge is 2.17. The van der Waals surface area contributed by atoms with Crippen LogP contribution in [0, 0.1) is 6.92 Å². The van der Waals surface area contributed by atoms with E-state index < -0.39 is 11.8 Å². The second-order valence-electron chi connectivity index (χ2n) is 7.28. The summed E-state index contributed by atoms with van der Waals surface area (Å²) in [7, 11) is 0. The Morgan fingerprint density at radius 3 is 2.62 bits per heavy atom. The van der Waals surface area contributed by atoms with Crippen LogP contribution >= 0.6 is 51.1 Å². The highest BCUT2D eigenvalue weighted by Crippen LogP contribution is 2.35. The maximum atomic E-state index is 12.4. The molecule has 1 aromatic heterocycles. The number of hydrogen-bond donors (Lipinski definition) is 3. The number of amides is 2. The lowest BCUT2D eigenvalue weighted by molar-refractivity contribution is -0.121. The zero-order chi connectivity index (χ0) is 23.4. The lowest BCUT2D eigenvalue weighted by Crippen LogP contribution is -2.49. The molecular formula is C22H21BrClN3O3S2. The van der Waals surface area contributed by atoms with Crippen molar-refractivity contribution < 1.29 is 14.3 Å². The molecule has 0 bridgehead atoms. The van der Waals surface area contributed by atoms with Gasteiger partial charge in [0.05, 0.1) is 5.02 Å². The summed E-state index contributed by atoms with van der Waals surface area (Å²) < 4.78 is 7.60. The molecule has 1 heterocycles. The standard InChI is InChI=1S/C22H21BrClN3O3S2/c1-11(2)14-9-15(23)12(3)8-16(14)30-10-18(28)25-22(31)27-26-21(29)20-19(24)13-6-4-5-7-17(13)32-20/h4-9,11H,10H2,1-3H3,(H,26,29)(H2,25,27,28,31). The third-order valence-corrected chi connectivity index (χ3v) is 7.29. The van der Waals surface area contributed by atoms with Crippen LogP contribution in [0.2, 0.25) is 5.02 Å². The molecule has 0 aliphatic rings. The molecule has 10 heteroatoms. The number of fused-ring (bicyclic) bond motifs is 1. The molecule has 0 atom stereocenters. The van der Waals surface area contributed by atoms with Gasteiger partial charge >= 0.3 is 0 Å². The molecule has 0 saturated heterocycles. The van der Waals surface area contributed by atoms with Crippen molar-refractivity contribution in [3.05, 3.63) is 61.9 Å². The highest BCUT2D eigenvalue weighted by molar-refractivity contribution is 9.10. The van der Waals surface area contributed by atoms with E-state index in [0.29, 0.717) is 15.6 Å². The first-order valence-electron chi connectivity index (χ1n) is 9.67. The highest BCUT2D eigenvalue weighted by atomic mass is 79.9. The van der Waals surface area contributed by atoms with Gasteiger partial charge in [-0.1, -0.05) is 59.6 Å². The van der Waals surface area contributed by atoms with Gasteiger partial charge in [-0.2, -0.15) is 0 Å². The summed E-state index contributed by atoms with van der Waals surface area (Å²) in [6.45, 7) is 5.83. The molecule has 168 valence electrons. The van der Waals surface area contributed by atoms with Crippen LogP contribution in [0.25, 0.3) is 10.1 Å². The second kappa shape index (κ2) is 10.6. The predicted molar refractivity (Wildman–Crippen MR) is 137 cm³/mol. The molecule has 0 fully saturated rings. The third-order valence-electron chi connectivity index (χ3n) is 4.56. The number of hydrogen-bond acceptors (Lipinski definition) is 5. The van der Waals surface area contributed by atoms with Crippen LogP contribution < -0.4 is 20.9 Å². The normalized spacial score (nSPS) is 10.8. The van der Waals surface area contributed by atoms with E-state index in [9.17, 15) is 9.59 Å². The molecular weight excluding hydrogens is 534 g/mol. The Hall–Kier alpha value is -2.20. The van der Waals surface area contributed by atoms with Crippen molar-refractivity contribution in [2.24, 2.45) is 0 Å². The van der Waals surface area contributed by atoms with Crippen LogP contribution in [0.1, 0.15) is 40.6 Å². The zero-order valence-electron chi connectivity index (χ0n) is 17.5. The smallest absolute Gasteiger partial charge is 0.281 e. The maximum absolute atomic E-state index is 12.4. The van der Waals surface area contributed by atoms with Gasteiger partial charge < -0.3 is 4.74 Å².